The Morgan fingerprint density at radius 2 is 2.20 bits per heavy atom. The summed E-state index contributed by atoms with van der Waals surface area (Å²) in [5.74, 6) is 1.05. The highest BCUT2D eigenvalue weighted by atomic mass is 32.2. The molecule has 1 aromatic carbocycles. The number of thioether (sulfide) groups is 1. The Balaban J connectivity index is 2.69. The third-order valence-corrected chi connectivity index (χ3v) is 3.25. The number of nitrogen functional groups attached to an aromatic ring is 1. The van der Waals surface area contributed by atoms with E-state index in [9.17, 15) is 0 Å². The number of anilines is 1. The molecule has 2 rings (SSSR count). The average molecular weight is 220 g/mol. The van der Waals surface area contributed by atoms with Gasteiger partial charge in [-0.3, -0.25) is 0 Å². The second-order valence-electron chi connectivity index (χ2n) is 3.62. The van der Waals surface area contributed by atoms with Crippen LogP contribution in [0.4, 0.5) is 5.69 Å². The highest BCUT2D eigenvalue weighted by Gasteiger charge is 2.08. The third-order valence-electron chi connectivity index (χ3n) is 2.65. The SMILES string of the molecule is CCn1cc(CSC)c2cccc(N)c21. The highest BCUT2D eigenvalue weighted by molar-refractivity contribution is 7.97. The molecule has 2 nitrogen and oxygen atoms in total. The van der Waals surface area contributed by atoms with Crippen LogP contribution in [-0.4, -0.2) is 10.8 Å². The molecule has 3 heteroatoms. The number of fused-ring (bicyclic) bond motifs is 1. The minimum atomic E-state index is 0.877. The maximum atomic E-state index is 6.01. The van der Waals surface area contributed by atoms with Crippen molar-refractivity contribution in [3.63, 3.8) is 0 Å². The molecule has 0 fully saturated rings. The molecule has 0 aliphatic carbocycles. The number of benzene rings is 1. The van der Waals surface area contributed by atoms with Crippen molar-refractivity contribution in [1.29, 1.82) is 0 Å². The highest BCUT2D eigenvalue weighted by Crippen LogP contribution is 2.28. The second kappa shape index (κ2) is 4.19. The van der Waals surface area contributed by atoms with Gasteiger partial charge in [0.15, 0.2) is 0 Å². The Kier molecular flexibility index (Phi) is 2.91. The van der Waals surface area contributed by atoms with Crippen LogP contribution >= 0.6 is 11.8 Å². The van der Waals surface area contributed by atoms with E-state index in [0.29, 0.717) is 0 Å². The van der Waals surface area contributed by atoms with Crippen molar-refractivity contribution < 1.29 is 0 Å². The summed E-state index contributed by atoms with van der Waals surface area (Å²) in [7, 11) is 0. The fourth-order valence-electron chi connectivity index (χ4n) is 1.98. The zero-order valence-electron chi connectivity index (χ0n) is 9.16. The molecule has 0 saturated heterocycles. The summed E-state index contributed by atoms with van der Waals surface area (Å²) in [4.78, 5) is 0. The molecule has 0 aliphatic rings. The Bertz CT molecular complexity index is 474. The van der Waals surface area contributed by atoms with Gasteiger partial charge >= 0.3 is 0 Å². The van der Waals surface area contributed by atoms with Gasteiger partial charge in [0.2, 0.25) is 0 Å². The first-order valence-corrected chi connectivity index (χ1v) is 6.52. The van der Waals surface area contributed by atoms with Crippen LogP contribution in [0, 0.1) is 0 Å². The van der Waals surface area contributed by atoms with E-state index in [2.05, 4.69) is 30.0 Å². The molecule has 80 valence electrons. The molecule has 15 heavy (non-hydrogen) atoms. The van der Waals surface area contributed by atoms with Crippen molar-refractivity contribution >= 4 is 28.4 Å². The van der Waals surface area contributed by atoms with Crippen LogP contribution in [0.1, 0.15) is 12.5 Å². The minimum Gasteiger partial charge on any atom is -0.397 e. The number of rotatable bonds is 3. The number of hydrogen-bond donors (Lipinski definition) is 1. The van der Waals surface area contributed by atoms with E-state index < -0.39 is 0 Å². The maximum absolute atomic E-state index is 6.01. The Morgan fingerprint density at radius 1 is 1.40 bits per heavy atom. The van der Waals surface area contributed by atoms with Crippen LogP contribution in [0.15, 0.2) is 24.4 Å². The monoisotopic (exact) mass is 220 g/mol. The molecule has 0 saturated carbocycles. The minimum absolute atomic E-state index is 0.877. The molecule has 2 N–H and O–H groups in total. The normalized spacial score (nSPS) is 11.1. The van der Waals surface area contributed by atoms with Crippen LogP contribution < -0.4 is 5.73 Å². The summed E-state index contributed by atoms with van der Waals surface area (Å²) < 4.78 is 2.23. The summed E-state index contributed by atoms with van der Waals surface area (Å²) in [6.07, 6.45) is 4.35. The molecule has 0 bridgehead atoms. The van der Waals surface area contributed by atoms with E-state index in [-0.39, 0.29) is 0 Å². The molecular weight excluding hydrogens is 204 g/mol. The van der Waals surface area contributed by atoms with Crippen molar-refractivity contribution in [3.8, 4) is 0 Å². The summed E-state index contributed by atoms with van der Waals surface area (Å²) in [5, 5.41) is 1.30. The first kappa shape index (κ1) is 10.4. The summed E-state index contributed by atoms with van der Waals surface area (Å²) in [5.41, 5.74) is 9.46. The van der Waals surface area contributed by atoms with E-state index in [1.165, 1.54) is 16.5 Å². The lowest BCUT2D eigenvalue weighted by Crippen LogP contribution is -1.95. The molecule has 0 spiro atoms. The van der Waals surface area contributed by atoms with Crippen LogP contribution in [-0.2, 0) is 12.3 Å². The van der Waals surface area contributed by atoms with Crippen molar-refractivity contribution in [1.82, 2.24) is 4.57 Å². The van der Waals surface area contributed by atoms with E-state index in [0.717, 1.165) is 18.0 Å². The average Bonchev–Trinajstić information content (AvgIpc) is 2.59. The van der Waals surface area contributed by atoms with E-state index in [1.807, 2.05) is 23.9 Å². The fraction of sp³-hybridized carbons (Fsp3) is 0.333. The molecule has 0 unspecified atom stereocenters. The van der Waals surface area contributed by atoms with E-state index >= 15 is 0 Å². The molecule has 0 amide bonds. The van der Waals surface area contributed by atoms with Gasteiger partial charge in [-0.15, -0.1) is 0 Å². The summed E-state index contributed by atoms with van der Waals surface area (Å²) >= 11 is 1.85. The topological polar surface area (TPSA) is 30.9 Å². The Labute approximate surface area is 94.5 Å². The van der Waals surface area contributed by atoms with Crippen molar-refractivity contribution in [2.75, 3.05) is 12.0 Å². The molecule has 1 heterocycles. The van der Waals surface area contributed by atoms with E-state index in [4.69, 9.17) is 5.73 Å². The quantitative estimate of drug-likeness (QED) is 0.806. The van der Waals surface area contributed by atoms with Crippen LogP contribution in [0.5, 0.6) is 0 Å². The molecule has 0 radical (unpaired) electrons. The number of para-hydroxylation sites is 1. The van der Waals surface area contributed by atoms with Gasteiger partial charge in [-0.05, 0) is 24.8 Å². The van der Waals surface area contributed by atoms with Gasteiger partial charge in [-0.2, -0.15) is 11.8 Å². The first-order chi connectivity index (χ1) is 7.27. The lowest BCUT2D eigenvalue weighted by atomic mass is 10.2. The number of aryl methyl sites for hydroxylation is 1. The zero-order chi connectivity index (χ0) is 10.8. The number of aromatic nitrogens is 1. The number of hydrogen-bond acceptors (Lipinski definition) is 2. The zero-order valence-corrected chi connectivity index (χ0v) is 9.97. The van der Waals surface area contributed by atoms with Gasteiger partial charge in [0.05, 0.1) is 11.2 Å². The number of nitrogens with zero attached hydrogens (tertiary/aromatic N) is 1. The first-order valence-electron chi connectivity index (χ1n) is 5.13. The Hall–Kier alpha value is -1.09. The Morgan fingerprint density at radius 3 is 2.87 bits per heavy atom. The summed E-state index contributed by atoms with van der Waals surface area (Å²) in [6, 6.07) is 6.16. The van der Waals surface area contributed by atoms with Crippen LogP contribution in [0.2, 0.25) is 0 Å². The smallest absolute Gasteiger partial charge is 0.0716 e. The maximum Gasteiger partial charge on any atom is 0.0716 e. The van der Waals surface area contributed by atoms with Crippen molar-refractivity contribution in [2.24, 2.45) is 0 Å². The van der Waals surface area contributed by atoms with Gasteiger partial charge < -0.3 is 10.3 Å². The van der Waals surface area contributed by atoms with Gasteiger partial charge in [-0.25, -0.2) is 0 Å². The van der Waals surface area contributed by atoms with Crippen LogP contribution in [0.3, 0.4) is 0 Å². The van der Waals surface area contributed by atoms with Crippen molar-refractivity contribution in [2.45, 2.75) is 19.2 Å². The van der Waals surface area contributed by atoms with Crippen molar-refractivity contribution in [3.05, 3.63) is 30.0 Å². The van der Waals surface area contributed by atoms with Gasteiger partial charge in [0.1, 0.15) is 0 Å². The van der Waals surface area contributed by atoms with Crippen LogP contribution in [0.25, 0.3) is 10.9 Å². The number of nitrogens with two attached hydrogens (primary N) is 1. The second-order valence-corrected chi connectivity index (χ2v) is 4.48. The standard InChI is InChI=1S/C12H16N2S/c1-3-14-7-9(8-15-2)10-5-4-6-11(13)12(10)14/h4-7H,3,8,13H2,1-2H3. The lowest BCUT2D eigenvalue weighted by Gasteiger charge is -2.02. The molecule has 0 aliphatic heterocycles. The lowest BCUT2D eigenvalue weighted by molar-refractivity contribution is 0.796. The molecule has 2 aromatic rings. The van der Waals surface area contributed by atoms with Gasteiger partial charge in [-0.1, -0.05) is 12.1 Å². The molecule has 0 atom stereocenters. The molecular formula is C12H16N2S. The van der Waals surface area contributed by atoms with E-state index in [1.54, 1.807) is 0 Å². The van der Waals surface area contributed by atoms with Gasteiger partial charge in [0, 0.05) is 23.9 Å². The summed E-state index contributed by atoms with van der Waals surface area (Å²) in [6.45, 7) is 3.12. The largest absolute Gasteiger partial charge is 0.397 e. The third kappa shape index (κ3) is 1.72. The van der Waals surface area contributed by atoms with Gasteiger partial charge in [0.25, 0.3) is 0 Å². The molecule has 1 aromatic heterocycles. The predicted octanol–water partition coefficient (Wildman–Crippen LogP) is 3.11. The predicted molar refractivity (Wildman–Crippen MR) is 69.2 cm³/mol. The fourth-order valence-corrected chi connectivity index (χ4v) is 2.52.